The van der Waals surface area contributed by atoms with Crippen LogP contribution in [0.4, 0.5) is 0 Å². The van der Waals surface area contributed by atoms with E-state index < -0.39 is 15.9 Å². The predicted molar refractivity (Wildman–Crippen MR) is 78.0 cm³/mol. The van der Waals surface area contributed by atoms with E-state index in [1.54, 1.807) is 24.3 Å². The molecule has 0 aliphatic carbocycles. The van der Waals surface area contributed by atoms with E-state index >= 15 is 0 Å². The van der Waals surface area contributed by atoms with Crippen LogP contribution in [0.5, 0.6) is 0 Å². The number of rotatable bonds is 8. The van der Waals surface area contributed by atoms with Crippen LogP contribution >= 0.6 is 0 Å². The minimum Gasteiger partial charge on any atom is -0.392 e. The fourth-order valence-electron chi connectivity index (χ4n) is 1.99. The molecule has 1 aromatic rings. The van der Waals surface area contributed by atoms with Crippen molar-refractivity contribution in [3.63, 3.8) is 0 Å². The molecule has 0 saturated heterocycles. The molecule has 0 bridgehead atoms. The summed E-state index contributed by atoms with van der Waals surface area (Å²) in [6, 6.07) is 6.77. The van der Waals surface area contributed by atoms with Crippen LogP contribution in [0, 0.1) is 6.92 Å². The Hall–Kier alpha value is -0.870. The maximum Gasteiger partial charge on any atom is 0.180 e. The number of aliphatic hydroxyl groups is 1. The Kier molecular flexibility index (Phi) is 6.52. The quantitative estimate of drug-likeness (QED) is 0.746. The highest BCUT2D eigenvalue weighted by molar-refractivity contribution is 7.91. The van der Waals surface area contributed by atoms with E-state index in [1.807, 2.05) is 6.92 Å². The van der Waals surface area contributed by atoms with Gasteiger partial charge in [0.25, 0.3) is 0 Å². The second-order valence-corrected chi connectivity index (χ2v) is 7.13. The van der Waals surface area contributed by atoms with Crippen LogP contribution in [0.1, 0.15) is 44.6 Å². The largest absolute Gasteiger partial charge is 0.392 e. The molecule has 0 amide bonds. The van der Waals surface area contributed by atoms with Crippen LogP contribution in [0.2, 0.25) is 0 Å². The number of unbranched alkanes of at least 4 members (excludes halogenated alkanes) is 3. The Morgan fingerprint density at radius 2 is 1.74 bits per heavy atom. The molecular formula is C15H24O3S. The highest BCUT2D eigenvalue weighted by Crippen LogP contribution is 2.15. The van der Waals surface area contributed by atoms with Gasteiger partial charge in [-0.3, -0.25) is 0 Å². The Labute approximate surface area is 116 Å². The van der Waals surface area contributed by atoms with Gasteiger partial charge in [0.05, 0.1) is 16.8 Å². The lowest BCUT2D eigenvalue weighted by molar-refractivity contribution is 0.182. The molecule has 0 aliphatic heterocycles. The van der Waals surface area contributed by atoms with Gasteiger partial charge in [-0.1, -0.05) is 50.3 Å². The SMILES string of the molecule is CCCCCCC(O)CS(=O)(=O)c1ccc(C)cc1. The highest BCUT2D eigenvalue weighted by Gasteiger charge is 2.19. The van der Waals surface area contributed by atoms with Crippen molar-refractivity contribution in [2.45, 2.75) is 57.0 Å². The van der Waals surface area contributed by atoms with Crippen molar-refractivity contribution < 1.29 is 13.5 Å². The molecule has 19 heavy (non-hydrogen) atoms. The fourth-order valence-corrected chi connectivity index (χ4v) is 3.40. The number of sulfone groups is 1. The fraction of sp³-hybridized carbons (Fsp3) is 0.600. The summed E-state index contributed by atoms with van der Waals surface area (Å²) in [7, 11) is -3.37. The summed E-state index contributed by atoms with van der Waals surface area (Å²) in [6.07, 6.45) is 4.01. The minimum absolute atomic E-state index is 0.178. The van der Waals surface area contributed by atoms with Gasteiger partial charge in [0.1, 0.15) is 0 Å². The number of hydrogen-bond donors (Lipinski definition) is 1. The van der Waals surface area contributed by atoms with Crippen LogP contribution in [0.3, 0.4) is 0 Å². The Balaban J connectivity index is 2.52. The van der Waals surface area contributed by atoms with Gasteiger partial charge in [0.15, 0.2) is 9.84 Å². The number of benzene rings is 1. The van der Waals surface area contributed by atoms with Gasteiger partial charge < -0.3 is 5.11 Å². The van der Waals surface area contributed by atoms with Gasteiger partial charge in [-0.05, 0) is 25.5 Å². The molecule has 1 atom stereocenters. The zero-order valence-electron chi connectivity index (χ0n) is 11.8. The molecule has 4 heteroatoms. The van der Waals surface area contributed by atoms with Crippen molar-refractivity contribution in [2.75, 3.05) is 5.75 Å². The lowest BCUT2D eigenvalue weighted by Crippen LogP contribution is -2.21. The number of hydrogen-bond acceptors (Lipinski definition) is 3. The first-order chi connectivity index (χ1) is 8.95. The molecule has 3 nitrogen and oxygen atoms in total. The van der Waals surface area contributed by atoms with Crippen LogP contribution < -0.4 is 0 Å². The molecule has 0 radical (unpaired) electrons. The topological polar surface area (TPSA) is 54.4 Å². The summed E-state index contributed by atoms with van der Waals surface area (Å²) in [5.41, 5.74) is 1.03. The molecule has 1 aromatic carbocycles. The third-order valence-corrected chi connectivity index (χ3v) is 5.00. The zero-order valence-corrected chi connectivity index (χ0v) is 12.6. The van der Waals surface area contributed by atoms with Gasteiger partial charge in [-0.25, -0.2) is 8.42 Å². The average Bonchev–Trinajstić information content (AvgIpc) is 2.34. The lowest BCUT2D eigenvalue weighted by Gasteiger charge is -2.11. The van der Waals surface area contributed by atoms with E-state index in [0.717, 1.165) is 31.2 Å². The van der Waals surface area contributed by atoms with Crippen molar-refractivity contribution >= 4 is 9.84 Å². The number of aliphatic hydroxyl groups excluding tert-OH is 1. The van der Waals surface area contributed by atoms with Crippen molar-refractivity contribution in [1.29, 1.82) is 0 Å². The second kappa shape index (κ2) is 7.65. The highest BCUT2D eigenvalue weighted by atomic mass is 32.2. The van der Waals surface area contributed by atoms with Gasteiger partial charge in [0, 0.05) is 0 Å². The maximum absolute atomic E-state index is 12.1. The van der Waals surface area contributed by atoms with E-state index in [1.165, 1.54) is 0 Å². The smallest absolute Gasteiger partial charge is 0.180 e. The van der Waals surface area contributed by atoms with Crippen LogP contribution in [-0.4, -0.2) is 25.4 Å². The van der Waals surface area contributed by atoms with Crippen LogP contribution in [-0.2, 0) is 9.84 Å². The lowest BCUT2D eigenvalue weighted by atomic mass is 10.1. The third-order valence-electron chi connectivity index (χ3n) is 3.18. The van der Waals surface area contributed by atoms with Crippen LogP contribution in [0.15, 0.2) is 29.2 Å². The van der Waals surface area contributed by atoms with Crippen LogP contribution in [0.25, 0.3) is 0 Å². The first kappa shape index (κ1) is 16.2. The Morgan fingerprint density at radius 3 is 2.32 bits per heavy atom. The van der Waals surface area contributed by atoms with E-state index in [0.29, 0.717) is 11.3 Å². The molecule has 1 unspecified atom stereocenters. The summed E-state index contributed by atoms with van der Waals surface area (Å²) >= 11 is 0. The Morgan fingerprint density at radius 1 is 1.11 bits per heavy atom. The molecule has 0 aromatic heterocycles. The summed E-state index contributed by atoms with van der Waals surface area (Å²) in [6.45, 7) is 4.04. The first-order valence-corrected chi connectivity index (χ1v) is 8.58. The van der Waals surface area contributed by atoms with Gasteiger partial charge in [0.2, 0.25) is 0 Å². The molecule has 0 saturated carbocycles. The summed E-state index contributed by atoms with van der Waals surface area (Å²) in [5.74, 6) is -0.178. The summed E-state index contributed by atoms with van der Waals surface area (Å²) < 4.78 is 24.2. The Bertz CT molecular complexity index is 463. The third kappa shape index (κ3) is 5.74. The molecule has 0 spiro atoms. The van der Waals surface area contributed by atoms with E-state index in [-0.39, 0.29) is 5.75 Å². The van der Waals surface area contributed by atoms with Crippen molar-refractivity contribution in [1.82, 2.24) is 0 Å². The zero-order chi connectivity index (χ0) is 14.3. The van der Waals surface area contributed by atoms with Crippen molar-refractivity contribution in [3.05, 3.63) is 29.8 Å². The first-order valence-electron chi connectivity index (χ1n) is 6.93. The standard InChI is InChI=1S/C15H24O3S/c1-3-4-5-6-7-14(16)12-19(17,18)15-10-8-13(2)9-11-15/h8-11,14,16H,3-7,12H2,1-2H3. The van der Waals surface area contributed by atoms with Crippen molar-refractivity contribution in [2.24, 2.45) is 0 Å². The molecule has 1 N–H and O–H groups in total. The van der Waals surface area contributed by atoms with E-state index in [9.17, 15) is 13.5 Å². The minimum atomic E-state index is -3.37. The number of aryl methyl sites for hydroxylation is 1. The van der Waals surface area contributed by atoms with Gasteiger partial charge >= 0.3 is 0 Å². The molecule has 108 valence electrons. The molecular weight excluding hydrogens is 260 g/mol. The average molecular weight is 284 g/mol. The molecule has 1 rings (SSSR count). The normalized spacial score (nSPS) is 13.4. The van der Waals surface area contributed by atoms with E-state index in [2.05, 4.69) is 6.92 Å². The predicted octanol–water partition coefficient (Wildman–Crippen LogP) is 3.10. The monoisotopic (exact) mass is 284 g/mol. The summed E-state index contributed by atoms with van der Waals surface area (Å²) in [5, 5.41) is 9.82. The van der Waals surface area contributed by atoms with Gasteiger partial charge in [-0.2, -0.15) is 0 Å². The summed E-state index contributed by atoms with van der Waals surface area (Å²) in [4.78, 5) is 0.297. The van der Waals surface area contributed by atoms with E-state index in [4.69, 9.17) is 0 Å². The second-order valence-electron chi connectivity index (χ2n) is 5.10. The van der Waals surface area contributed by atoms with Gasteiger partial charge in [-0.15, -0.1) is 0 Å². The molecule has 0 fully saturated rings. The molecule has 0 aliphatic rings. The van der Waals surface area contributed by atoms with Crippen molar-refractivity contribution in [3.8, 4) is 0 Å². The maximum atomic E-state index is 12.1. The molecule has 0 heterocycles.